The van der Waals surface area contributed by atoms with Crippen LogP contribution in [0.15, 0.2) is 29.3 Å². The zero-order valence-electron chi connectivity index (χ0n) is 20.4. The first-order valence-corrected chi connectivity index (χ1v) is 13.4. The second-order valence-electron chi connectivity index (χ2n) is 10.2. The summed E-state index contributed by atoms with van der Waals surface area (Å²) in [5, 5.41) is 0.551. The molecular weight excluding hydrogens is 528 g/mol. The molecule has 2 atom stereocenters. The van der Waals surface area contributed by atoms with E-state index in [1.165, 1.54) is 0 Å². The van der Waals surface area contributed by atoms with Gasteiger partial charge in [-0.1, -0.05) is 24.3 Å². The van der Waals surface area contributed by atoms with Crippen LogP contribution in [0.25, 0.3) is 0 Å². The monoisotopic (exact) mass is 562 g/mol. The molecule has 1 fully saturated rings. The third-order valence-corrected chi connectivity index (χ3v) is 7.97. The number of ether oxygens (including phenoxy) is 2. The van der Waals surface area contributed by atoms with E-state index in [4.69, 9.17) is 21.1 Å². The fourth-order valence-corrected chi connectivity index (χ4v) is 4.91. The van der Waals surface area contributed by atoms with E-state index in [1.54, 1.807) is 11.0 Å². The summed E-state index contributed by atoms with van der Waals surface area (Å²) in [5.74, 6) is 0.780. The van der Waals surface area contributed by atoms with Crippen molar-refractivity contribution in [3.05, 3.63) is 39.8 Å². The molecule has 1 aromatic rings. The normalized spacial score (nSPS) is 17.4. The molecule has 1 amide bonds. The van der Waals surface area contributed by atoms with Crippen LogP contribution in [0.3, 0.4) is 0 Å². The maximum absolute atomic E-state index is 13.1. The molecule has 0 aliphatic carbocycles. The van der Waals surface area contributed by atoms with Crippen LogP contribution in [0.5, 0.6) is 5.75 Å². The lowest BCUT2D eigenvalue weighted by molar-refractivity contribution is 0.0171. The number of likely N-dealkylation sites (tertiary alicyclic amines) is 1. The predicted octanol–water partition coefficient (Wildman–Crippen LogP) is 6.41. The Labute approximate surface area is 214 Å². The first-order chi connectivity index (χ1) is 15.2. The quantitative estimate of drug-likeness (QED) is 0.389. The molecule has 186 valence electrons. The van der Waals surface area contributed by atoms with E-state index in [0.717, 1.165) is 22.9 Å². The minimum absolute atomic E-state index is 0.123. The van der Waals surface area contributed by atoms with Gasteiger partial charge in [-0.3, -0.25) is 0 Å². The van der Waals surface area contributed by atoms with Crippen LogP contribution >= 0.6 is 27.5 Å². The van der Waals surface area contributed by atoms with Gasteiger partial charge < -0.3 is 14.4 Å². The molecule has 2 rings (SSSR count). The number of carbonyl (C=O) groups excluding carboxylic acids is 1. The molecule has 0 radical (unpaired) electrons. The minimum Gasteiger partial charge on any atom is -0.489 e. The maximum atomic E-state index is 13.1. The van der Waals surface area contributed by atoms with Crippen molar-refractivity contribution >= 4 is 44.6 Å². The van der Waals surface area contributed by atoms with Crippen molar-refractivity contribution in [1.29, 1.82) is 0 Å². The number of hydrogen-bond acceptors (Lipinski definition) is 4. The van der Waals surface area contributed by atoms with E-state index < -0.39 is 21.3 Å². The number of carbonyl (C=O) groups is 1. The van der Waals surface area contributed by atoms with Crippen molar-refractivity contribution in [3.63, 3.8) is 0 Å². The number of nitrogens with one attached hydrogen (secondary N) is 1. The minimum atomic E-state index is -1.31. The summed E-state index contributed by atoms with van der Waals surface area (Å²) < 4.78 is 28.2. The molecule has 1 N–H and O–H groups in total. The standard InChI is InChI=1S/C24H36BrClN2O4S/c1-8-13-31-20-15-18(25)19(26)14-17(20)21(27-33(30)24(5,6)7)16-9-11-28(12-10-16)22(29)32-23(2,3)4/h8,14-16,21,27H,1,9-13H2,2-7H3/t21-,33?/m1/s1. The highest BCUT2D eigenvalue weighted by molar-refractivity contribution is 9.10. The molecular formula is C24H36BrClN2O4S. The van der Waals surface area contributed by atoms with Crippen molar-refractivity contribution in [2.75, 3.05) is 19.7 Å². The van der Waals surface area contributed by atoms with Gasteiger partial charge in [0.2, 0.25) is 0 Å². The van der Waals surface area contributed by atoms with Crippen LogP contribution in [0, 0.1) is 5.92 Å². The Kier molecular flexibility index (Phi) is 9.86. The molecule has 1 aliphatic rings. The van der Waals surface area contributed by atoms with Gasteiger partial charge >= 0.3 is 6.09 Å². The number of halogens is 2. The van der Waals surface area contributed by atoms with Crippen LogP contribution in [0.1, 0.15) is 66.0 Å². The SMILES string of the molecule is C=CCOc1cc(Br)c(Cl)cc1[C@H](NS(=O)C(C)(C)C)C1CCN(C(=O)OC(C)(C)C)CC1. The van der Waals surface area contributed by atoms with E-state index in [9.17, 15) is 9.00 Å². The number of piperidine rings is 1. The summed E-state index contributed by atoms with van der Waals surface area (Å²) >= 11 is 9.93. The van der Waals surface area contributed by atoms with Crippen molar-refractivity contribution < 1.29 is 18.5 Å². The van der Waals surface area contributed by atoms with Crippen LogP contribution in [-0.2, 0) is 15.7 Å². The Morgan fingerprint density at radius 3 is 2.42 bits per heavy atom. The fourth-order valence-electron chi connectivity index (χ4n) is 3.51. The smallest absolute Gasteiger partial charge is 0.410 e. The van der Waals surface area contributed by atoms with Gasteiger partial charge in [-0.15, -0.1) is 0 Å². The number of amides is 1. The van der Waals surface area contributed by atoms with E-state index in [-0.39, 0.29) is 18.1 Å². The van der Waals surface area contributed by atoms with Crippen LogP contribution in [-0.4, -0.2) is 45.2 Å². The summed E-state index contributed by atoms with van der Waals surface area (Å²) in [6.07, 6.45) is 2.84. The molecule has 6 nitrogen and oxygen atoms in total. The number of hydrogen-bond donors (Lipinski definition) is 1. The summed E-state index contributed by atoms with van der Waals surface area (Å²) in [6.45, 7) is 16.6. The Morgan fingerprint density at radius 2 is 1.91 bits per heavy atom. The maximum Gasteiger partial charge on any atom is 0.410 e. The lowest BCUT2D eigenvalue weighted by atomic mass is 9.85. The molecule has 0 aromatic heterocycles. The van der Waals surface area contributed by atoms with E-state index in [1.807, 2.05) is 53.7 Å². The lowest BCUT2D eigenvalue weighted by Crippen LogP contribution is -2.45. The van der Waals surface area contributed by atoms with Crippen LogP contribution < -0.4 is 9.46 Å². The Bertz CT molecular complexity index is 874. The highest BCUT2D eigenvalue weighted by atomic mass is 79.9. The number of rotatable bonds is 7. The van der Waals surface area contributed by atoms with Gasteiger partial charge in [-0.2, -0.15) is 0 Å². The predicted molar refractivity (Wildman–Crippen MR) is 139 cm³/mol. The lowest BCUT2D eigenvalue weighted by Gasteiger charge is -2.38. The topological polar surface area (TPSA) is 67.9 Å². The van der Waals surface area contributed by atoms with Gasteiger partial charge in [-0.05, 0) is 88.4 Å². The van der Waals surface area contributed by atoms with Crippen LogP contribution in [0.2, 0.25) is 5.02 Å². The van der Waals surface area contributed by atoms with E-state index in [2.05, 4.69) is 27.2 Å². The number of nitrogens with zero attached hydrogens (tertiary/aromatic N) is 1. The summed E-state index contributed by atoms with van der Waals surface area (Å²) in [6, 6.07) is 3.43. The zero-order chi connectivity index (χ0) is 25.0. The highest BCUT2D eigenvalue weighted by Crippen LogP contribution is 2.40. The molecule has 1 saturated heterocycles. The largest absolute Gasteiger partial charge is 0.489 e. The summed E-state index contributed by atoms with van der Waals surface area (Å²) in [4.78, 5) is 14.3. The first-order valence-electron chi connectivity index (χ1n) is 11.1. The van der Waals surface area contributed by atoms with Gasteiger partial charge in [0.05, 0.1) is 26.8 Å². The molecule has 0 spiro atoms. The molecule has 1 aliphatic heterocycles. The third-order valence-electron chi connectivity index (χ3n) is 5.20. The second-order valence-corrected chi connectivity index (χ2v) is 13.4. The van der Waals surface area contributed by atoms with Crippen molar-refractivity contribution in [2.24, 2.45) is 5.92 Å². The van der Waals surface area contributed by atoms with Crippen molar-refractivity contribution in [2.45, 2.75) is 70.8 Å². The van der Waals surface area contributed by atoms with Gasteiger partial charge in [0, 0.05) is 23.1 Å². The first kappa shape index (κ1) is 28.1. The fraction of sp³-hybridized carbons (Fsp3) is 0.625. The summed E-state index contributed by atoms with van der Waals surface area (Å²) in [7, 11) is -1.31. The summed E-state index contributed by atoms with van der Waals surface area (Å²) in [5.41, 5.74) is 0.311. The molecule has 1 aromatic carbocycles. The van der Waals surface area contributed by atoms with Gasteiger partial charge in [-0.25, -0.2) is 13.7 Å². The molecule has 1 heterocycles. The van der Waals surface area contributed by atoms with Crippen LogP contribution in [0.4, 0.5) is 4.79 Å². The number of benzene rings is 1. The van der Waals surface area contributed by atoms with Crippen molar-refractivity contribution in [1.82, 2.24) is 9.62 Å². The zero-order valence-corrected chi connectivity index (χ0v) is 23.5. The third kappa shape index (κ3) is 8.26. The molecule has 1 unspecified atom stereocenters. The van der Waals surface area contributed by atoms with E-state index in [0.29, 0.717) is 30.5 Å². The van der Waals surface area contributed by atoms with Gasteiger partial charge in [0.15, 0.2) is 0 Å². The molecule has 0 bridgehead atoms. The molecule has 33 heavy (non-hydrogen) atoms. The van der Waals surface area contributed by atoms with Gasteiger partial charge in [0.25, 0.3) is 0 Å². The average molecular weight is 564 g/mol. The Hall–Kier alpha value is -1.09. The Morgan fingerprint density at radius 1 is 1.30 bits per heavy atom. The molecule has 0 saturated carbocycles. The van der Waals surface area contributed by atoms with E-state index >= 15 is 0 Å². The average Bonchev–Trinajstić information content (AvgIpc) is 2.70. The Balaban J connectivity index is 2.33. The van der Waals surface area contributed by atoms with Gasteiger partial charge in [0.1, 0.15) is 18.0 Å². The second kappa shape index (κ2) is 11.6. The molecule has 9 heteroatoms. The van der Waals surface area contributed by atoms with Crippen molar-refractivity contribution in [3.8, 4) is 5.75 Å². The highest BCUT2D eigenvalue weighted by Gasteiger charge is 2.35.